The van der Waals surface area contributed by atoms with Crippen molar-refractivity contribution < 1.29 is 18.8 Å². The van der Waals surface area contributed by atoms with Crippen LogP contribution in [0.2, 0.25) is 0 Å². The Morgan fingerprint density at radius 2 is 1.87 bits per heavy atom. The Kier molecular flexibility index (Phi) is 6.91. The van der Waals surface area contributed by atoms with Crippen molar-refractivity contribution in [2.75, 3.05) is 12.9 Å². The first-order valence-corrected chi connectivity index (χ1v) is 10.5. The lowest BCUT2D eigenvalue weighted by atomic mass is 10.1. The summed E-state index contributed by atoms with van der Waals surface area (Å²) in [6, 6.07) is 20.5. The van der Waals surface area contributed by atoms with Gasteiger partial charge in [-0.1, -0.05) is 42.5 Å². The number of rotatable bonds is 8. The highest BCUT2D eigenvalue weighted by Gasteiger charge is 2.23. The van der Waals surface area contributed by atoms with Crippen molar-refractivity contribution >= 4 is 17.1 Å². The molecule has 0 bridgehead atoms. The Balaban J connectivity index is 2.02. The summed E-state index contributed by atoms with van der Waals surface area (Å²) >= 11 is -1.49. The molecule has 0 saturated heterocycles. The number of carbonyl (C=O) groups is 1. The van der Waals surface area contributed by atoms with Crippen LogP contribution in [0.3, 0.4) is 0 Å². The largest absolute Gasteiger partial charge is 0.612 e. The van der Waals surface area contributed by atoms with Gasteiger partial charge in [-0.05, 0) is 28.9 Å². The number of amides is 1. The fourth-order valence-electron chi connectivity index (χ4n) is 2.75. The zero-order chi connectivity index (χ0) is 21.5. The second-order valence-corrected chi connectivity index (χ2v) is 7.63. The maximum absolute atomic E-state index is 12.2. The van der Waals surface area contributed by atoms with Gasteiger partial charge in [-0.15, -0.1) is 0 Å². The summed E-state index contributed by atoms with van der Waals surface area (Å²) in [7, 11) is 0. The van der Waals surface area contributed by atoms with E-state index in [0.29, 0.717) is 23.6 Å². The van der Waals surface area contributed by atoms with E-state index in [9.17, 15) is 14.6 Å². The third-order valence-electron chi connectivity index (χ3n) is 4.12. The Labute approximate surface area is 177 Å². The summed E-state index contributed by atoms with van der Waals surface area (Å²) in [4.78, 5) is 15.8. The Bertz CT molecular complexity index is 1080. The third-order valence-corrected chi connectivity index (χ3v) is 5.06. The Hall–Kier alpha value is -3.54. The number of para-hydroxylation sites is 1. The molecule has 1 atom stereocenters. The van der Waals surface area contributed by atoms with Crippen LogP contribution in [0, 0.1) is 11.3 Å². The minimum Gasteiger partial charge on any atom is -0.612 e. The first-order valence-electron chi connectivity index (χ1n) is 8.95. The number of hydrogen-bond donors (Lipinski definition) is 1. The van der Waals surface area contributed by atoms with E-state index in [1.165, 1.54) is 6.26 Å². The zero-order valence-electron chi connectivity index (χ0n) is 16.2. The number of ether oxygens (including phenoxy) is 2. The van der Waals surface area contributed by atoms with Crippen molar-refractivity contribution in [2.45, 2.75) is 11.5 Å². The van der Waals surface area contributed by atoms with Gasteiger partial charge in [-0.2, -0.15) is 5.26 Å². The van der Waals surface area contributed by atoms with E-state index < -0.39 is 23.7 Å². The molecule has 152 valence electrons. The smallest absolute Gasteiger partial charge is 0.255 e. The van der Waals surface area contributed by atoms with Crippen molar-refractivity contribution in [3.63, 3.8) is 0 Å². The molecule has 1 heterocycles. The predicted molar refractivity (Wildman–Crippen MR) is 112 cm³/mol. The number of nitrogens with zero attached hydrogens (tertiary/aromatic N) is 2. The molecule has 2 aromatic carbocycles. The minimum absolute atomic E-state index is 0.00326. The number of hydrogen-bond acceptors (Lipinski definition) is 6. The molecule has 0 aliphatic heterocycles. The molecular formula is C22H19N3O4S. The van der Waals surface area contributed by atoms with Crippen molar-refractivity contribution in [3.8, 4) is 29.0 Å². The molecule has 8 heteroatoms. The van der Waals surface area contributed by atoms with Crippen LogP contribution in [0.4, 0.5) is 0 Å². The summed E-state index contributed by atoms with van der Waals surface area (Å²) in [5.74, 6) is -0.249. The normalized spacial score (nSPS) is 11.4. The average molecular weight is 421 g/mol. The number of aromatic nitrogens is 1. The fraction of sp³-hybridized carbons (Fsp3) is 0.136. The van der Waals surface area contributed by atoms with Gasteiger partial charge in [0, 0.05) is 11.6 Å². The molecule has 2 N–H and O–H groups in total. The van der Waals surface area contributed by atoms with Crippen molar-refractivity contribution in [1.29, 1.82) is 5.26 Å². The SMILES string of the molecule is C[S+]([O-])c1cc(-c2ccccc2OCc2ccccc2)nc(OCC(N)=O)c1C#N. The van der Waals surface area contributed by atoms with Crippen LogP contribution in [0.25, 0.3) is 11.3 Å². The topological polar surface area (TPSA) is 121 Å². The second kappa shape index (κ2) is 9.78. The van der Waals surface area contributed by atoms with Gasteiger partial charge in [0.1, 0.15) is 24.7 Å². The van der Waals surface area contributed by atoms with Crippen LogP contribution >= 0.6 is 0 Å². The molecule has 0 spiro atoms. The van der Waals surface area contributed by atoms with Gasteiger partial charge >= 0.3 is 0 Å². The number of pyridine rings is 1. The number of nitriles is 1. The van der Waals surface area contributed by atoms with Gasteiger partial charge in [-0.25, -0.2) is 4.98 Å². The molecule has 0 aliphatic rings. The highest BCUT2D eigenvalue weighted by molar-refractivity contribution is 7.90. The molecule has 3 aromatic rings. The standard InChI is InChI=1S/C22H19N3O4S/c1-30(27)20-11-18(25-22(17(20)12-23)29-14-21(24)26)16-9-5-6-10-19(16)28-13-15-7-3-2-4-8-15/h2-11H,13-14H2,1H3,(H2,24,26). The van der Waals surface area contributed by atoms with Gasteiger partial charge in [-0.3, -0.25) is 4.79 Å². The highest BCUT2D eigenvalue weighted by atomic mass is 32.2. The highest BCUT2D eigenvalue weighted by Crippen LogP contribution is 2.34. The van der Waals surface area contributed by atoms with E-state index in [1.807, 2.05) is 48.5 Å². The van der Waals surface area contributed by atoms with Crippen LogP contribution in [0.5, 0.6) is 11.6 Å². The van der Waals surface area contributed by atoms with E-state index in [2.05, 4.69) is 4.98 Å². The summed E-state index contributed by atoms with van der Waals surface area (Å²) < 4.78 is 23.6. The zero-order valence-corrected chi connectivity index (χ0v) is 17.0. The van der Waals surface area contributed by atoms with Crippen LogP contribution in [0.15, 0.2) is 65.6 Å². The minimum atomic E-state index is -1.49. The molecule has 0 saturated carbocycles. The first-order chi connectivity index (χ1) is 14.5. The van der Waals surface area contributed by atoms with Gasteiger partial charge in [0.25, 0.3) is 5.91 Å². The van der Waals surface area contributed by atoms with E-state index in [4.69, 9.17) is 15.2 Å². The molecule has 7 nitrogen and oxygen atoms in total. The van der Waals surface area contributed by atoms with Gasteiger partial charge in [0.2, 0.25) is 5.88 Å². The predicted octanol–water partition coefficient (Wildman–Crippen LogP) is 2.80. The summed E-state index contributed by atoms with van der Waals surface area (Å²) in [6.45, 7) is -0.0984. The maximum atomic E-state index is 12.2. The molecule has 30 heavy (non-hydrogen) atoms. The number of benzene rings is 2. The average Bonchev–Trinajstić information content (AvgIpc) is 2.76. The second-order valence-electron chi connectivity index (χ2n) is 6.28. The summed E-state index contributed by atoms with van der Waals surface area (Å²) in [5.41, 5.74) is 7.19. The third kappa shape index (κ3) is 5.08. The summed E-state index contributed by atoms with van der Waals surface area (Å²) in [6.07, 6.45) is 1.45. The van der Waals surface area contributed by atoms with Gasteiger partial charge in [0.05, 0.1) is 5.69 Å². The quantitative estimate of drug-likeness (QED) is 0.558. The van der Waals surface area contributed by atoms with Crippen molar-refractivity contribution in [1.82, 2.24) is 4.98 Å². The summed E-state index contributed by atoms with van der Waals surface area (Å²) in [5, 5.41) is 9.49. The first kappa shape index (κ1) is 21.2. The molecule has 0 fully saturated rings. The monoisotopic (exact) mass is 421 g/mol. The fourth-order valence-corrected chi connectivity index (χ4v) is 3.45. The van der Waals surface area contributed by atoms with Crippen molar-refractivity contribution in [3.05, 3.63) is 71.8 Å². The molecule has 1 aromatic heterocycles. The van der Waals surface area contributed by atoms with Gasteiger partial charge in [0.15, 0.2) is 17.1 Å². The lowest BCUT2D eigenvalue weighted by molar-refractivity contribution is -0.120. The molecular weight excluding hydrogens is 402 g/mol. The lowest BCUT2D eigenvalue weighted by Gasteiger charge is -2.15. The van der Waals surface area contributed by atoms with E-state index in [-0.39, 0.29) is 16.3 Å². The van der Waals surface area contributed by atoms with Crippen LogP contribution in [0.1, 0.15) is 11.1 Å². The van der Waals surface area contributed by atoms with E-state index >= 15 is 0 Å². The number of nitrogens with two attached hydrogens (primary N) is 1. The van der Waals surface area contributed by atoms with E-state index in [1.54, 1.807) is 18.2 Å². The molecule has 3 rings (SSSR count). The van der Waals surface area contributed by atoms with Crippen LogP contribution in [-0.2, 0) is 22.6 Å². The van der Waals surface area contributed by atoms with Crippen LogP contribution < -0.4 is 15.2 Å². The maximum Gasteiger partial charge on any atom is 0.255 e. The van der Waals surface area contributed by atoms with Crippen LogP contribution in [-0.4, -0.2) is 28.3 Å². The van der Waals surface area contributed by atoms with Crippen molar-refractivity contribution in [2.24, 2.45) is 5.73 Å². The molecule has 0 aliphatic carbocycles. The number of carbonyl (C=O) groups excluding carboxylic acids is 1. The van der Waals surface area contributed by atoms with Gasteiger partial charge < -0.3 is 19.8 Å². The lowest BCUT2D eigenvalue weighted by Crippen LogP contribution is -2.21. The molecule has 1 unspecified atom stereocenters. The Morgan fingerprint density at radius 1 is 1.17 bits per heavy atom. The van der Waals surface area contributed by atoms with E-state index in [0.717, 1.165) is 5.56 Å². The Morgan fingerprint density at radius 3 is 2.53 bits per heavy atom. The molecule has 1 amide bonds. The molecule has 0 radical (unpaired) electrons. The number of primary amides is 1.